The molecule has 0 aromatic heterocycles. The fraction of sp³-hybridized carbons (Fsp3) is 0.833. The van der Waals surface area contributed by atoms with Gasteiger partial charge in [-0.2, -0.15) is 0 Å². The van der Waals surface area contributed by atoms with Gasteiger partial charge in [-0.05, 0) is 6.92 Å². The van der Waals surface area contributed by atoms with Gasteiger partial charge in [0, 0.05) is 6.42 Å². The van der Waals surface area contributed by atoms with E-state index in [2.05, 4.69) is 0 Å². The van der Waals surface area contributed by atoms with Crippen molar-refractivity contribution in [1.82, 2.24) is 0 Å². The molecule has 0 saturated carbocycles. The Morgan fingerprint density at radius 2 is 2.44 bits per heavy atom. The molecule has 9 heavy (non-hydrogen) atoms. The number of hydrogen-bond acceptors (Lipinski definition) is 3. The van der Waals surface area contributed by atoms with Gasteiger partial charge in [0.1, 0.15) is 6.29 Å². The van der Waals surface area contributed by atoms with Gasteiger partial charge in [-0.1, -0.05) is 0 Å². The Hall–Kier alpha value is -0.410. The smallest absolute Gasteiger partial charge is 0.122 e. The predicted molar refractivity (Wildman–Crippen MR) is 33.2 cm³/mol. The van der Waals surface area contributed by atoms with Crippen LogP contribution in [0.1, 0.15) is 13.3 Å². The van der Waals surface area contributed by atoms with Crippen LogP contribution in [0.15, 0.2) is 0 Å². The van der Waals surface area contributed by atoms with Crippen molar-refractivity contribution in [2.75, 3.05) is 13.2 Å². The van der Waals surface area contributed by atoms with Gasteiger partial charge in [0.25, 0.3) is 0 Å². The molecule has 0 radical (unpaired) electrons. The predicted octanol–water partition coefficient (Wildman–Crippen LogP) is -0.0272. The Labute approximate surface area is 54.6 Å². The van der Waals surface area contributed by atoms with Crippen molar-refractivity contribution in [2.24, 2.45) is 0 Å². The Morgan fingerprint density at radius 3 is 2.89 bits per heavy atom. The lowest BCUT2D eigenvalue weighted by Gasteiger charge is -2.02. The maximum atomic E-state index is 9.71. The minimum Gasteiger partial charge on any atom is -0.391 e. The molecule has 0 aliphatic heterocycles. The zero-order valence-corrected chi connectivity index (χ0v) is 5.54. The lowest BCUT2D eigenvalue weighted by molar-refractivity contribution is -0.109. The molecule has 0 fully saturated rings. The topological polar surface area (TPSA) is 46.5 Å². The quantitative estimate of drug-likeness (QED) is 0.422. The Bertz CT molecular complexity index is 70.7. The lowest BCUT2D eigenvalue weighted by atomic mass is 10.4. The number of aldehydes is 1. The Balaban J connectivity index is 2.82. The van der Waals surface area contributed by atoms with Crippen LogP contribution in [0.3, 0.4) is 0 Å². The molecule has 0 bridgehead atoms. The highest BCUT2D eigenvalue weighted by molar-refractivity contribution is 5.49. The first-order chi connectivity index (χ1) is 4.27. The molecule has 3 nitrogen and oxygen atoms in total. The molecular weight excluding hydrogens is 120 g/mol. The van der Waals surface area contributed by atoms with Crippen LogP contribution in [0.2, 0.25) is 0 Å². The maximum Gasteiger partial charge on any atom is 0.122 e. The first kappa shape index (κ1) is 8.59. The summed E-state index contributed by atoms with van der Waals surface area (Å²) in [6.45, 7) is 2.36. The third-order valence-electron chi connectivity index (χ3n) is 0.739. The molecule has 54 valence electrons. The highest BCUT2D eigenvalue weighted by Gasteiger charge is 1.92. The minimum atomic E-state index is -0.434. The number of carbonyl (C=O) groups is 1. The van der Waals surface area contributed by atoms with E-state index < -0.39 is 6.10 Å². The van der Waals surface area contributed by atoms with Crippen LogP contribution in [0.4, 0.5) is 0 Å². The molecule has 0 aliphatic rings. The average molecular weight is 132 g/mol. The van der Waals surface area contributed by atoms with E-state index in [9.17, 15) is 4.79 Å². The summed E-state index contributed by atoms with van der Waals surface area (Å²) >= 11 is 0. The molecule has 1 unspecified atom stereocenters. The van der Waals surface area contributed by atoms with Crippen LogP contribution in [-0.4, -0.2) is 30.7 Å². The van der Waals surface area contributed by atoms with Gasteiger partial charge in [0.05, 0.1) is 19.3 Å². The molecule has 0 spiro atoms. The van der Waals surface area contributed by atoms with Gasteiger partial charge in [-0.3, -0.25) is 0 Å². The van der Waals surface area contributed by atoms with Crippen LogP contribution >= 0.6 is 0 Å². The van der Waals surface area contributed by atoms with Crippen molar-refractivity contribution < 1.29 is 14.6 Å². The molecule has 1 N–H and O–H groups in total. The van der Waals surface area contributed by atoms with E-state index in [-0.39, 0.29) is 0 Å². The molecule has 0 aromatic carbocycles. The largest absolute Gasteiger partial charge is 0.391 e. The fourth-order valence-electron chi connectivity index (χ4n) is 0.385. The van der Waals surface area contributed by atoms with Crippen molar-refractivity contribution in [3.8, 4) is 0 Å². The second-order valence-corrected chi connectivity index (χ2v) is 1.88. The van der Waals surface area contributed by atoms with Crippen LogP contribution in [0.5, 0.6) is 0 Å². The minimum absolute atomic E-state index is 0.313. The molecule has 0 aliphatic carbocycles. The lowest BCUT2D eigenvalue weighted by Crippen LogP contribution is -2.10. The van der Waals surface area contributed by atoms with Crippen molar-refractivity contribution in [3.63, 3.8) is 0 Å². The zero-order chi connectivity index (χ0) is 7.11. The van der Waals surface area contributed by atoms with Crippen molar-refractivity contribution in [1.29, 1.82) is 0 Å². The molecule has 0 heterocycles. The summed E-state index contributed by atoms with van der Waals surface area (Å²) in [5.74, 6) is 0. The number of hydrogen-bond donors (Lipinski definition) is 1. The first-order valence-corrected chi connectivity index (χ1v) is 2.97. The monoisotopic (exact) mass is 132 g/mol. The third kappa shape index (κ3) is 7.59. The second-order valence-electron chi connectivity index (χ2n) is 1.88. The van der Waals surface area contributed by atoms with Crippen LogP contribution < -0.4 is 0 Å². The normalized spacial score (nSPS) is 13.1. The summed E-state index contributed by atoms with van der Waals surface area (Å²) in [5.41, 5.74) is 0. The van der Waals surface area contributed by atoms with Crippen LogP contribution in [0, 0.1) is 0 Å². The van der Waals surface area contributed by atoms with Crippen molar-refractivity contribution in [2.45, 2.75) is 19.4 Å². The maximum absolute atomic E-state index is 9.71. The van der Waals surface area contributed by atoms with Gasteiger partial charge < -0.3 is 14.6 Å². The van der Waals surface area contributed by atoms with E-state index in [4.69, 9.17) is 9.84 Å². The summed E-state index contributed by atoms with van der Waals surface area (Å²) < 4.78 is 4.85. The highest BCUT2D eigenvalue weighted by atomic mass is 16.5. The van der Waals surface area contributed by atoms with E-state index in [0.717, 1.165) is 6.29 Å². The van der Waals surface area contributed by atoms with E-state index in [1.807, 2.05) is 0 Å². The van der Waals surface area contributed by atoms with Gasteiger partial charge in [0.2, 0.25) is 0 Å². The van der Waals surface area contributed by atoms with E-state index in [0.29, 0.717) is 19.6 Å². The standard InChI is InChI=1S/C6H12O3/c1-6(8)5-9-4-2-3-7/h3,6,8H,2,4-5H2,1H3. The van der Waals surface area contributed by atoms with Crippen LogP contribution in [0.25, 0.3) is 0 Å². The number of rotatable bonds is 5. The number of ether oxygens (including phenoxy) is 1. The highest BCUT2D eigenvalue weighted by Crippen LogP contribution is 1.83. The van der Waals surface area contributed by atoms with Crippen LogP contribution in [-0.2, 0) is 9.53 Å². The number of aliphatic hydroxyl groups is 1. The number of aliphatic hydroxyl groups excluding tert-OH is 1. The first-order valence-electron chi connectivity index (χ1n) is 2.97. The average Bonchev–Trinajstić information content (AvgIpc) is 1.80. The molecule has 0 aromatic rings. The van der Waals surface area contributed by atoms with E-state index in [1.165, 1.54) is 0 Å². The zero-order valence-electron chi connectivity index (χ0n) is 5.54. The SMILES string of the molecule is CC(O)COCCC=O. The summed E-state index contributed by atoms with van der Waals surface area (Å²) in [4.78, 5) is 9.71. The molecule has 1 atom stereocenters. The summed E-state index contributed by atoms with van der Waals surface area (Å²) in [5, 5.41) is 8.64. The molecule has 3 heteroatoms. The van der Waals surface area contributed by atoms with Gasteiger partial charge in [-0.15, -0.1) is 0 Å². The van der Waals surface area contributed by atoms with Crippen molar-refractivity contribution >= 4 is 6.29 Å². The molecule has 0 saturated heterocycles. The third-order valence-corrected chi connectivity index (χ3v) is 0.739. The summed E-state index contributed by atoms with van der Waals surface area (Å²) in [7, 11) is 0. The molecular formula is C6H12O3. The van der Waals surface area contributed by atoms with Gasteiger partial charge in [-0.25, -0.2) is 0 Å². The second kappa shape index (κ2) is 5.72. The Kier molecular flexibility index (Phi) is 5.46. The van der Waals surface area contributed by atoms with E-state index in [1.54, 1.807) is 6.92 Å². The molecule has 0 rings (SSSR count). The van der Waals surface area contributed by atoms with E-state index >= 15 is 0 Å². The summed E-state index contributed by atoms with van der Waals surface area (Å²) in [6.07, 6.45) is 0.769. The summed E-state index contributed by atoms with van der Waals surface area (Å²) in [6, 6.07) is 0. The fourth-order valence-corrected chi connectivity index (χ4v) is 0.385. The number of carbonyl (C=O) groups excluding carboxylic acids is 1. The molecule has 0 amide bonds. The van der Waals surface area contributed by atoms with Gasteiger partial charge in [0.15, 0.2) is 0 Å². The van der Waals surface area contributed by atoms with Crippen molar-refractivity contribution in [3.05, 3.63) is 0 Å². The van der Waals surface area contributed by atoms with Gasteiger partial charge >= 0.3 is 0 Å². The Morgan fingerprint density at radius 1 is 1.78 bits per heavy atom.